The van der Waals surface area contributed by atoms with Gasteiger partial charge in [-0.05, 0) is 35.4 Å². The predicted octanol–water partition coefficient (Wildman–Crippen LogP) is 3.81. The summed E-state index contributed by atoms with van der Waals surface area (Å²) in [5.41, 5.74) is 1.70. The number of hydrogen-bond acceptors (Lipinski definition) is 2. The maximum Gasteiger partial charge on any atom is 0.162 e. The number of rotatable bonds is 6. The van der Waals surface area contributed by atoms with E-state index in [0.29, 0.717) is 11.6 Å². The van der Waals surface area contributed by atoms with E-state index >= 15 is 0 Å². The minimum atomic E-state index is -0.307. The first-order chi connectivity index (χ1) is 9.63. The Hall–Kier alpha value is -1.71. The Morgan fingerprint density at radius 1 is 1.10 bits per heavy atom. The first-order valence-corrected chi connectivity index (χ1v) is 6.59. The second-order valence-electron chi connectivity index (χ2n) is 4.46. The topological polar surface area (TPSA) is 26.3 Å². The van der Waals surface area contributed by atoms with E-state index in [9.17, 15) is 9.18 Å². The minimum Gasteiger partial charge on any atom is -0.369 e. The van der Waals surface area contributed by atoms with E-state index in [4.69, 9.17) is 16.3 Å². The van der Waals surface area contributed by atoms with Crippen molar-refractivity contribution in [2.75, 3.05) is 6.61 Å². The number of benzene rings is 2. The van der Waals surface area contributed by atoms with Gasteiger partial charge in [-0.3, -0.25) is 4.79 Å². The smallest absolute Gasteiger partial charge is 0.162 e. The quantitative estimate of drug-likeness (QED) is 0.809. The van der Waals surface area contributed by atoms with Crippen LogP contribution in [0, 0.1) is 5.82 Å². The molecule has 2 aromatic carbocycles. The molecule has 0 amide bonds. The van der Waals surface area contributed by atoms with Crippen LogP contribution in [-0.4, -0.2) is 12.4 Å². The Morgan fingerprint density at radius 2 is 1.85 bits per heavy atom. The minimum absolute atomic E-state index is 0.0316. The Balaban J connectivity index is 1.76. The fraction of sp³-hybridized carbons (Fsp3) is 0.188. The zero-order valence-electron chi connectivity index (χ0n) is 10.8. The van der Waals surface area contributed by atoms with Gasteiger partial charge < -0.3 is 4.74 Å². The molecule has 4 heteroatoms. The zero-order chi connectivity index (χ0) is 14.4. The molecule has 0 N–H and O–H groups in total. The van der Waals surface area contributed by atoms with Crippen LogP contribution < -0.4 is 0 Å². The second kappa shape index (κ2) is 7.17. The SMILES string of the molecule is O=C(COCc1cccc(Cl)c1)Cc1ccc(F)cc1. The molecule has 0 saturated heterocycles. The van der Waals surface area contributed by atoms with E-state index in [1.807, 2.05) is 12.1 Å². The molecule has 0 aromatic heterocycles. The lowest BCUT2D eigenvalue weighted by Crippen LogP contribution is -2.11. The Morgan fingerprint density at radius 3 is 2.55 bits per heavy atom. The molecule has 104 valence electrons. The molecule has 0 aliphatic rings. The van der Waals surface area contributed by atoms with Crippen LogP contribution in [0.5, 0.6) is 0 Å². The summed E-state index contributed by atoms with van der Waals surface area (Å²) in [4.78, 5) is 11.7. The molecule has 0 aliphatic carbocycles. The van der Waals surface area contributed by atoms with Crippen LogP contribution in [0.1, 0.15) is 11.1 Å². The molecule has 0 fully saturated rings. The van der Waals surface area contributed by atoms with Crippen molar-refractivity contribution in [3.8, 4) is 0 Å². The van der Waals surface area contributed by atoms with E-state index in [0.717, 1.165) is 11.1 Å². The summed E-state index contributed by atoms with van der Waals surface area (Å²) in [6.07, 6.45) is 0.246. The average Bonchev–Trinajstić information content (AvgIpc) is 2.41. The van der Waals surface area contributed by atoms with Gasteiger partial charge in [0.05, 0.1) is 6.61 Å². The summed E-state index contributed by atoms with van der Waals surface area (Å²) in [5, 5.41) is 0.642. The Bertz CT molecular complexity index is 581. The number of ketones is 1. The predicted molar refractivity (Wildman–Crippen MR) is 76.2 cm³/mol. The van der Waals surface area contributed by atoms with Gasteiger partial charge in [0.1, 0.15) is 12.4 Å². The summed E-state index contributed by atoms with van der Waals surface area (Å²) in [5.74, 6) is -0.350. The van der Waals surface area contributed by atoms with Gasteiger partial charge in [-0.15, -0.1) is 0 Å². The van der Waals surface area contributed by atoms with Crippen molar-refractivity contribution in [1.29, 1.82) is 0 Å². The number of carbonyl (C=O) groups excluding carboxylic acids is 1. The molecule has 0 heterocycles. The maximum absolute atomic E-state index is 12.7. The average molecular weight is 293 g/mol. The molecule has 20 heavy (non-hydrogen) atoms. The molecule has 2 rings (SSSR count). The third-order valence-corrected chi connectivity index (χ3v) is 2.97. The van der Waals surface area contributed by atoms with Gasteiger partial charge in [0.15, 0.2) is 5.78 Å². The second-order valence-corrected chi connectivity index (χ2v) is 4.90. The number of ether oxygens (including phenoxy) is 1. The zero-order valence-corrected chi connectivity index (χ0v) is 11.6. The van der Waals surface area contributed by atoms with Gasteiger partial charge in [0.2, 0.25) is 0 Å². The molecule has 0 bridgehead atoms. The van der Waals surface area contributed by atoms with Crippen molar-refractivity contribution in [1.82, 2.24) is 0 Å². The molecule has 0 unspecified atom stereocenters. The van der Waals surface area contributed by atoms with Gasteiger partial charge in [0, 0.05) is 11.4 Å². The number of halogens is 2. The van der Waals surface area contributed by atoms with Crippen LogP contribution >= 0.6 is 11.6 Å². The van der Waals surface area contributed by atoms with Crippen molar-refractivity contribution < 1.29 is 13.9 Å². The molecular weight excluding hydrogens is 279 g/mol. The van der Waals surface area contributed by atoms with Gasteiger partial charge >= 0.3 is 0 Å². The standard InChI is InChI=1S/C16H14ClFO2/c17-14-3-1-2-13(8-14)10-20-11-16(19)9-12-4-6-15(18)7-5-12/h1-8H,9-11H2. The van der Waals surface area contributed by atoms with Crippen molar-refractivity contribution in [2.45, 2.75) is 13.0 Å². The van der Waals surface area contributed by atoms with E-state index in [2.05, 4.69) is 0 Å². The first-order valence-electron chi connectivity index (χ1n) is 6.22. The summed E-state index contributed by atoms with van der Waals surface area (Å²) in [7, 11) is 0. The lowest BCUT2D eigenvalue weighted by molar-refractivity contribution is -0.123. The van der Waals surface area contributed by atoms with E-state index in [1.54, 1.807) is 24.3 Å². The molecule has 0 spiro atoms. The highest BCUT2D eigenvalue weighted by molar-refractivity contribution is 6.30. The highest BCUT2D eigenvalue weighted by Gasteiger charge is 2.05. The molecule has 2 aromatic rings. The summed E-state index contributed by atoms with van der Waals surface area (Å²) in [6, 6.07) is 13.2. The number of Topliss-reactive ketones (excluding diaryl/α,β-unsaturated/α-hetero) is 1. The van der Waals surface area contributed by atoms with Crippen molar-refractivity contribution in [3.63, 3.8) is 0 Å². The van der Waals surface area contributed by atoms with Crippen LogP contribution in [0.4, 0.5) is 4.39 Å². The monoisotopic (exact) mass is 292 g/mol. The van der Waals surface area contributed by atoms with Crippen molar-refractivity contribution in [2.24, 2.45) is 0 Å². The van der Waals surface area contributed by atoms with Crippen LogP contribution in [0.3, 0.4) is 0 Å². The molecule has 0 atom stereocenters. The Kier molecular flexibility index (Phi) is 5.27. The Labute approximate surface area is 122 Å². The summed E-state index contributed by atoms with van der Waals surface area (Å²) >= 11 is 5.85. The fourth-order valence-electron chi connectivity index (χ4n) is 1.79. The van der Waals surface area contributed by atoms with Crippen LogP contribution in [0.25, 0.3) is 0 Å². The first kappa shape index (κ1) is 14.7. The summed E-state index contributed by atoms with van der Waals surface area (Å²) in [6.45, 7) is 0.375. The normalized spacial score (nSPS) is 10.5. The van der Waals surface area contributed by atoms with Crippen molar-refractivity contribution >= 4 is 17.4 Å². The molecule has 0 radical (unpaired) electrons. The fourth-order valence-corrected chi connectivity index (χ4v) is 2.00. The van der Waals surface area contributed by atoms with E-state index in [1.165, 1.54) is 12.1 Å². The molecule has 0 saturated carbocycles. The lowest BCUT2D eigenvalue weighted by Gasteiger charge is -2.05. The van der Waals surface area contributed by atoms with Crippen LogP contribution in [-0.2, 0) is 22.6 Å². The largest absolute Gasteiger partial charge is 0.369 e. The van der Waals surface area contributed by atoms with E-state index < -0.39 is 0 Å². The van der Waals surface area contributed by atoms with Crippen LogP contribution in [0.2, 0.25) is 5.02 Å². The molecule has 0 aliphatic heterocycles. The summed E-state index contributed by atoms with van der Waals surface area (Å²) < 4.78 is 18.1. The maximum atomic E-state index is 12.7. The molecular formula is C16H14ClFO2. The van der Waals surface area contributed by atoms with Gasteiger partial charge in [-0.2, -0.15) is 0 Å². The third kappa shape index (κ3) is 4.76. The van der Waals surface area contributed by atoms with Crippen molar-refractivity contribution in [3.05, 3.63) is 70.5 Å². The number of hydrogen-bond donors (Lipinski definition) is 0. The van der Waals surface area contributed by atoms with Gasteiger partial charge in [-0.1, -0.05) is 35.9 Å². The van der Waals surface area contributed by atoms with E-state index in [-0.39, 0.29) is 24.6 Å². The highest BCUT2D eigenvalue weighted by Crippen LogP contribution is 2.11. The van der Waals surface area contributed by atoms with Crippen LogP contribution in [0.15, 0.2) is 48.5 Å². The third-order valence-electron chi connectivity index (χ3n) is 2.74. The number of carbonyl (C=O) groups is 1. The highest BCUT2D eigenvalue weighted by atomic mass is 35.5. The molecule has 2 nitrogen and oxygen atoms in total. The van der Waals surface area contributed by atoms with Gasteiger partial charge in [-0.25, -0.2) is 4.39 Å². The van der Waals surface area contributed by atoms with Gasteiger partial charge in [0.25, 0.3) is 0 Å². The lowest BCUT2D eigenvalue weighted by atomic mass is 10.1.